The fourth-order valence-corrected chi connectivity index (χ4v) is 2.15. The summed E-state index contributed by atoms with van der Waals surface area (Å²) >= 11 is 0. The Labute approximate surface area is 128 Å². The van der Waals surface area contributed by atoms with Gasteiger partial charge < -0.3 is 9.84 Å². The van der Waals surface area contributed by atoms with E-state index in [1.807, 2.05) is 26.0 Å². The predicted molar refractivity (Wildman–Crippen MR) is 89.5 cm³/mol. The first-order valence-corrected chi connectivity index (χ1v) is 7.73. The molecule has 0 heterocycles. The van der Waals surface area contributed by atoms with Crippen molar-refractivity contribution in [3.05, 3.63) is 53.1 Å². The van der Waals surface area contributed by atoms with Crippen molar-refractivity contribution in [2.75, 3.05) is 0 Å². The lowest BCUT2D eigenvalue weighted by Gasteiger charge is -2.12. The van der Waals surface area contributed by atoms with Gasteiger partial charge in [-0.2, -0.15) is 0 Å². The van der Waals surface area contributed by atoms with Crippen LogP contribution in [0.25, 0.3) is 0 Å². The lowest BCUT2D eigenvalue weighted by Crippen LogP contribution is -1.93. The fourth-order valence-electron chi connectivity index (χ4n) is 2.15. The van der Waals surface area contributed by atoms with E-state index in [1.54, 1.807) is 12.1 Å². The molecular weight excluding hydrogens is 260 g/mol. The van der Waals surface area contributed by atoms with Crippen molar-refractivity contribution in [1.29, 1.82) is 0 Å². The maximum absolute atomic E-state index is 9.58. The van der Waals surface area contributed by atoms with Crippen LogP contribution in [-0.4, -0.2) is 5.11 Å². The molecule has 0 amide bonds. The predicted octanol–water partition coefficient (Wildman–Crippen LogP) is 5.64. The van der Waals surface area contributed by atoms with Crippen LogP contribution in [0, 0.1) is 6.92 Å². The number of hydrogen-bond donors (Lipinski definition) is 1. The highest BCUT2D eigenvalue weighted by atomic mass is 16.5. The Morgan fingerprint density at radius 3 is 2.19 bits per heavy atom. The average Bonchev–Trinajstić information content (AvgIpc) is 2.51. The van der Waals surface area contributed by atoms with Crippen LogP contribution < -0.4 is 4.74 Å². The van der Waals surface area contributed by atoms with Gasteiger partial charge in [0.1, 0.15) is 17.2 Å². The Kier molecular flexibility index (Phi) is 6.80. The molecule has 2 aromatic rings. The van der Waals surface area contributed by atoms with Crippen molar-refractivity contribution < 1.29 is 9.84 Å². The molecule has 0 bridgehead atoms. The van der Waals surface area contributed by atoms with Crippen molar-refractivity contribution in [2.24, 2.45) is 0 Å². The highest BCUT2D eigenvalue weighted by Gasteiger charge is 2.06. The Bertz CT molecular complexity index is 574. The summed E-state index contributed by atoms with van der Waals surface area (Å²) in [6.07, 6.45) is 1.87. The molecule has 0 saturated heterocycles. The highest BCUT2D eigenvalue weighted by molar-refractivity contribution is 5.44. The SMILES string of the molecule is CC.CCc1cc(Oc2cc(O)ccc2CC)ccc1C. The minimum atomic E-state index is 0.232. The van der Waals surface area contributed by atoms with Gasteiger partial charge in [0.15, 0.2) is 0 Å². The molecule has 0 aliphatic rings. The molecule has 0 fully saturated rings. The van der Waals surface area contributed by atoms with Crippen LogP contribution >= 0.6 is 0 Å². The third-order valence-corrected chi connectivity index (χ3v) is 3.36. The highest BCUT2D eigenvalue weighted by Crippen LogP contribution is 2.30. The van der Waals surface area contributed by atoms with Crippen LogP contribution in [0.5, 0.6) is 17.2 Å². The van der Waals surface area contributed by atoms with Gasteiger partial charge in [0, 0.05) is 6.07 Å². The molecule has 1 N–H and O–H groups in total. The first-order valence-electron chi connectivity index (χ1n) is 7.73. The molecule has 2 rings (SSSR count). The van der Waals surface area contributed by atoms with Crippen LogP contribution in [0.15, 0.2) is 36.4 Å². The van der Waals surface area contributed by atoms with Crippen LogP contribution in [0.3, 0.4) is 0 Å². The molecule has 2 aromatic carbocycles. The van der Waals surface area contributed by atoms with Gasteiger partial charge in [-0.3, -0.25) is 0 Å². The summed E-state index contributed by atoms with van der Waals surface area (Å²) in [4.78, 5) is 0. The van der Waals surface area contributed by atoms with Crippen LogP contribution in [-0.2, 0) is 12.8 Å². The zero-order valence-electron chi connectivity index (χ0n) is 13.7. The van der Waals surface area contributed by atoms with E-state index in [-0.39, 0.29) is 5.75 Å². The van der Waals surface area contributed by atoms with Crippen molar-refractivity contribution >= 4 is 0 Å². The summed E-state index contributed by atoms with van der Waals surface area (Å²) in [5.41, 5.74) is 3.66. The van der Waals surface area contributed by atoms with E-state index < -0.39 is 0 Å². The summed E-state index contributed by atoms with van der Waals surface area (Å²) in [5, 5.41) is 9.58. The molecular formula is C19H26O2. The molecule has 0 aliphatic heterocycles. The molecule has 0 spiro atoms. The van der Waals surface area contributed by atoms with E-state index in [9.17, 15) is 5.11 Å². The number of aryl methyl sites for hydroxylation is 3. The third-order valence-electron chi connectivity index (χ3n) is 3.36. The topological polar surface area (TPSA) is 29.5 Å². The third kappa shape index (κ3) is 4.52. The second-order valence-corrected chi connectivity index (χ2v) is 4.69. The Morgan fingerprint density at radius 1 is 0.905 bits per heavy atom. The summed E-state index contributed by atoms with van der Waals surface area (Å²) < 4.78 is 5.92. The molecule has 2 heteroatoms. The lowest BCUT2D eigenvalue weighted by molar-refractivity contribution is 0.451. The van der Waals surface area contributed by atoms with Gasteiger partial charge in [0.2, 0.25) is 0 Å². The molecule has 0 aromatic heterocycles. The average molecular weight is 286 g/mol. The molecule has 2 nitrogen and oxygen atoms in total. The number of hydrogen-bond acceptors (Lipinski definition) is 2. The van der Waals surface area contributed by atoms with E-state index in [1.165, 1.54) is 11.1 Å². The second-order valence-electron chi connectivity index (χ2n) is 4.69. The summed E-state index contributed by atoms with van der Waals surface area (Å²) in [6.45, 7) is 10.3. The normalized spacial score (nSPS) is 9.76. The first-order chi connectivity index (χ1) is 10.1. The maximum Gasteiger partial charge on any atom is 0.134 e. The van der Waals surface area contributed by atoms with E-state index >= 15 is 0 Å². The Hall–Kier alpha value is -1.96. The van der Waals surface area contributed by atoms with Gasteiger partial charge in [0.05, 0.1) is 0 Å². The number of phenolic OH excluding ortho intramolecular Hbond substituents is 1. The van der Waals surface area contributed by atoms with E-state index in [2.05, 4.69) is 32.9 Å². The van der Waals surface area contributed by atoms with Gasteiger partial charge in [0.25, 0.3) is 0 Å². The fraction of sp³-hybridized carbons (Fsp3) is 0.368. The van der Waals surface area contributed by atoms with Crippen LogP contribution in [0.1, 0.15) is 44.4 Å². The summed E-state index contributed by atoms with van der Waals surface area (Å²) in [6, 6.07) is 11.4. The van der Waals surface area contributed by atoms with Gasteiger partial charge in [-0.25, -0.2) is 0 Å². The molecule has 114 valence electrons. The standard InChI is InChI=1S/C17H20O2.C2H6/c1-4-13-7-8-15(18)11-17(13)19-16-9-6-12(3)14(5-2)10-16;1-2/h6-11,18H,4-5H2,1-3H3;1-2H3. The quantitative estimate of drug-likeness (QED) is 0.787. The second kappa shape index (κ2) is 8.35. The minimum absolute atomic E-state index is 0.232. The zero-order valence-corrected chi connectivity index (χ0v) is 13.7. The maximum atomic E-state index is 9.58. The van der Waals surface area contributed by atoms with Crippen molar-refractivity contribution in [3.63, 3.8) is 0 Å². The smallest absolute Gasteiger partial charge is 0.134 e. The number of aromatic hydroxyl groups is 1. The zero-order chi connectivity index (χ0) is 15.8. The summed E-state index contributed by atoms with van der Waals surface area (Å²) in [5.74, 6) is 1.78. The lowest BCUT2D eigenvalue weighted by atomic mass is 10.1. The monoisotopic (exact) mass is 286 g/mol. The van der Waals surface area contributed by atoms with E-state index in [0.717, 1.165) is 29.9 Å². The molecule has 0 saturated carbocycles. The Balaban J connectivity index is 0.00000106. The van der Waals surface area contributed by atoms with Gasteiger partial charge in [-0.05, 0) is 54.7 Å². The minimum Gasteiger partial charge on any atom is -0.508 e. The van der Waals surface area contributed by atoms with Gasteiger partial charge >= 0.3 is 0 Å². The van der Waals surface area contributed by atoms with Gasteiger partial charge in [-0.15, -0.1) is 0 Å². The largest absolute Gasteiger partial charge is 0.508 e. The number of phenols is 1. The number of benzene rings is 2. The molecule has 0 atom stereocenters. The van der Waals surface area contributed by atoms with Gasteiger partial charge in [-0.1, -0.05) is 39.8 Å². The first kappa shape index (κ1) is 17.1. The Morgan fingerprint density at radius 2 is 1.57 bits per heavy atom. The van der Waals surface area contributed by atoms with Crippen LogP contribution in [0.4, 0.5) is 0 Å². The van der Waals surface area contributed by atoms with Crippen molar-refractivity contribution in [3.8, 4) is 17.2 Å². The molecule has 0 unspecified atom stereocenters. The van der Waals surface area contributed by atoms with E-state index in [0.29, 0.717) is 0 Å². The van der Waals surface area contributed by atoms with E-state index in [4.69, 9.17) is 4.74 Å². The summed E-state index contributed by atoms with van der Waals surface area (Å²) in [7, 11) is 0. The molecule has 0 aliphatic carbocycles. The number of rotatable bonds is 4. The number of ether oxygens (including phenoxy) is 1. The van der Waals surface area contributed by atoms with Crippen molar-refractivity contribution in [1.82, 2.24) is 0 Å². The van der Waals surface area contributed by atoms with Crippen molar-refractivity contribution in [2.45, 2.75) is 47.5 Å². The molecule has 21 heavy (non-hydrogen) atoms. The van der Waals surface area contributed by atoms with Crippen LogP contribution in [0.2, 0.25) is 0 Å². The molecule has 0 radical (unpaired) electrons.